The first kappa shape index (κ1) is 17.4. The summed E-state index contributed by atoms with van der Waals surface area (Å²) in [6.07, 6.45) is 1.81. The molecule has 3 N–H and O–H groups in total. The Balaban J connectivity index is 4.14. The van der Waals surface area contributed by atoms with Crippen LogP contribution in [0.4, 0.5) is 0 Å². The van der Waals surface area contributed by atoms with E-state index < -0.39 is 0 Å². The molecule has 0 saturated heterocycles. The summed E-state index contributed by atoms with van der Waals surface area (Å²) in [6.45, 7) is 9.23. The molecule has 0 aliphatic heterocycles. The molecule has 0 saturated carbocycles. The SMILES string of the molecule is CC(C)CC(N)C(=O)NCC(CC(C)C)N(C)C. The first-order valence-corrected chi connectivity index (χ1v) is 6.93. The molecule has 0 fully saturated rings. The first-order valence-electron chi connectivity index (χ1n) is 6.93. The molecule has 0 aromatic rings. The van der Waals surface area contributed by atoms with E-state index in [9.17, 15) is 4.79 Å². The highest BCUT2D eigenvalue weighted by Gasteiger charge is 2.18. The van der Waals surface area contributed by atoms with Crippen molar-refractivity contribution in [2.45, 2.75) is 52.6 Å². The summed E-state index contributed by atoms with van der Waals surface area (Å²) in [5.41, 5.74) is 5.86. The Labute approximate surface area is 112 Å². The molecule has 2 atom stereocenters. The largest absolute Gasteiger partial charge is 0.353 e. The van der Waals surface area contributed by atoms with E-state index in [1.54, 1.807) is 0 Å². The van der Waals surface area contributed by atoms with E-state index >= 15 is 0 Å². The van der Waals surface area contributed by atoms with Crippen LogP contribution in [0.5, 0.6) is 0 Å². The van der Waals surface area contributed by atoms with Gasteiger partial charge in [-0.3, -0.25) is 4.79 Å². The molecule has 0 aliphatic rings. The van der Waals surface area contributed by atoms with Crippen molar-refractivity contribution in [2.75, 3.05) is 20.6 Å². The zero-order valence-corrected chi connectivity index (χ0v) is 12.9. The van der Waals surface area contributed by atoms with Crippen LogP contribution in [0.3, 0.4) is 0 Å². The van der Waals surface area contributed by atoms with Crippen LogP contribution < -0.4 is 11.1 Å². The van der Waals surface area contributed by atoms with Gasteiger partial charge in [-0.05, 0) is 38.8 Å². The van der Waals surface area contributed by atoms with Gasteiger partial charge in [0, 0.05) is 12.6 Å². The van der Waals surface area contributed by atoms with Crippen molar-refractivity contribution in [3.8, 4) is 0 Å². The van der Waals surface area contributed by atoms with Gasteiger partial charge >= 0.3 is 0 Å². The number of nitrogens with one attached hydrogen (secondary N) is 1. The summed E-state index contributed by atoms with van der Waals surface area (Å²) < 4.78 is 0. The standard InChI is InChI=1S/C14H31N3O/c1-10(2)7-12(17(5)6)9-16-14(18)13(15)8-11(3)4/h10-13H,7-9,15H2,1-6H3,(H,16,18). The number of carbonyl (C=O) groups is 1. The van der Waals surface area contributed by atoms with Crippen LogP contribution in [-0.2, 0) is 4.79 Å². The van der Waals surface area contributed by atoms with Crippen LogP contribution in [0.25, 0.3) is 0 Å². The molecule has 1 amide bonds. The highest BCUT2D eigenvalue weighted by atomic mass is 16.2. The van der Waals surface area contributed by atoms with Crippen LogP contribution in [0.2, 0.25) is 0 Å². The van der Waals surface area contributed by atoms with Crippen molar-refractivity contribution in [3.63, 3.8) is 0 Å². The van der Waals surface area contributed by atoms with Crippen LogP contribution >= 0.6 is 0 Å². The number of rotatable bonds is 8. The molecule has 108 valence electrons. The summed E-state index contributed by atoms with van der Waals surface area (Å²) in [5.74, 6) is 1.05. The van der Waals surface area contributed by atoms with E-state index in [2.05, 4.69) is 37.9 Å². The lowest BCUT2D eigenvalue weighted by molar-refractivity contribution is -0.122. The lowest BCUT2D eigenvalue weighted by Gasteiger charge is -2.27. The van der Waals surface area contributed by atoms with Gasteiger partial charge in [-0.1, -0.05) is 27.7 Å². The summed E-state index contributed by atoms with van der Waals surface area (Å²) >= 11 is 0. The normalized spacial score (nSPS) is 15.2. The van der Waals surface area contributed by atoms with E-state index in [1.807, 2.05) is 14.1 Å². The van der Waals surface area contributed by atoms with Crippen molar-refractivity contribution < 1.29 is 4.79 Å². The van der Waals surface area contributed by atoms with Crippen LogP contribution in [-0.4, -0.2) is 43.5 Å². The number of carbonyl (C=O) groups excluding carboxylic acids is 1. The second-order valence-electron chi connectivity index (χ2n) is 6.23. The smallest absolute Gasteiger partial charge is 0.236 e. The number of nitrogens with zero attached hydrogens (tertiary/aromatic N) is 1. The van der Waals surface area contributed by atoms with E-state index in [0.29, 0.717) is 24.4 Å². The van der Waals surface area contributed by atoms with Gasteiger partial charge in [-0.2, -0.15) is 0 Å². The molecule has 0 aliphatic carbocycles. The highest BCUT2D eigenvalue weighted by Crippen LogP contribution is 2.08. The molecule has 0 spiro atoms. The minimum absolute atomic E-state index is 0.0284. The summed E-state index contributed by atoms with van der Waals surface area (Å²) in [4.78, 5) is 14.0. The molecule has 18 heavy (non-hydrogen) atoms. The molecule has 0 heterocycles. The maximum Gasteiger partial charge on any atom is 0.236 e. The van der Waals surface area contributed by atoms with E-state index in [-0.39, 0.29) is 11.9 Å². The monoisotopic (exact) mass is 257 g/mol. The van der Waals surface area contributed by atoms with Gasteiger partial charge in [0.05, 0.1) is 6.04 Å². The quantitative estimate of drug-likeness (QED) is 0.692. The van der Waals surface area contributed by atoms with Crippen molar-refractivity contribution in [3.05, 3.63) is 0 Å². The van der Waals surface area contributed by atoms with Gasteiger partial charge in [0.15, 0.2) is 0 Å². The van der Waals surface area contributed by atoms with Crippen LogP contribution in [0.1, 0.15) is 40.5 Å². The van der Waals surface area contributed by atoms with Gasteiger partial charge in [0.1, 0.15) is 0 Å². The molecule has 0 aromatic heterocycles. The van der Waals surface area contributed by atoms with Crippen LogP contribution in [0.15, 0.2) is 0 Å². The minimum Gasteiger partial charge on any atom is -0.353 e. The Morgan fingerprint density at radius 3 is 2.00 bits per heavy atom. The number of amides is 1. The Kier molecular flexibility index (Phi) is 8.20. The fraction of sp³-hybridized carbons (Fsp3) is 0.929. The van der Waals surface area contributed by atoms with Gasteiger partial charge < -0.3 is 16.0 Å². The number of likely N-dealkylation sites (N-methyl/N-ethyl adjacent to an activating group) is 1. The third-order valence-corrected chi connectivity index (χ3v) is 3.05. The average molecular weight is 257 g/mol. The number of nitrogens with two attached hydrogens (primary N) is 1. The molecule has 2 unspecified atom stereocenters. The zero-order valence-electron chi connectivity index (χ0n) is 12.9. The third-order valence-electron chi connectivity index (χ3n) is 3.05. The molecule has 0 bridgehead atoms. The van der Waals surface area contributed by atoms with E-state index in [0.717, 1.165) is 12.8 Å². The van der Waals surface area contributed by atoms with Crippen molar-refractivity contribution in [1.82, 2.24) is 10.2 Å². The van der Waals surface area contributed by atoms with Gasteiger partial charge in [0.25, 0.3) is 0 Å². The van der Waals surface area contributed by atoms with E-state index in [4.69, 9.17) is 5.73 Å². The van der Waals surface area contributed by atoms with Gasteiger partial charge in [-0.25, -0.2) is 0 Å². The average Bonchev–Trinajstić information content (AvgIpc) is 2.21. The predicted octanol–water partition coefficient (Wildman–Crippen LogP) is 1.45. The molecule has 0 radical (unpaired) electrons. The third kappa shape index (κ3) is 7.67. The predicted molar refractivity (Wildman–Crippen MR) is 77.4 cm³/mol. The number of hydrogen-bond acceptors (Lipinski definition) is 3. The fourth-order valence-corrected chi connectivity index (χ4v) is 1.99. The van der Waals surface area contributed by atoms with Crippen molar-refractivity contribution in [1.29, 1.82) is 0 Å². The maximum absolute atomic E-state index is 11.8. The first-order chi connectivity index (χ1) is 8.23. The molecule has 4 nitrogen and oxygen atoms in total. The minimum atomic E-state index is -0.383. The maximum atomic E-state index is 11.8. The topological polar surface area (TPSA) is 58.4 Å². The van der Waals surface area contributed by atoms with Crippen molar-refractivity contribution in [2.24, 2.45) is 17.6 Å². The number of hydrogen-bond donors (Lipinski definition) is 2. The highest BCUT2D eigenvalue weighted by molar-refractivity contribution is 5.81. The summed E-state index contributed by atoms with van der Waals surface area (Å²) in [5, 5.41) is 2.97. The fourth-order valence-electron chi connectivity index (χ4n) is 1.99. The lowest BCUT2D eigenvalue weighted by Crippen LogP contribution is -2.47. The second kappa shape index (κ2) is 8.48. The lowest BCUT2D eigenvalue weighted by atomic mass is 10.0. The van der Waals surface area contributed by atoms with Gasteiger partial charge in [-0.15, -0.1) is 0 Å². The molecule has 4 heteroatoms. The molecule has 0 aromatic carbocycles. The second-order valence-corrected chi connectivity index (χ2v) is 6.23. The Morgan fingerprint density at radius 2 is 1.61 bits per heavy atom. The molecular weight excluding hydrogens is 226 g/mol. The summed E-state index contributed by atoms with van der Waals surface area (Å²) in [6, 6.07) is -0.00735. The molecule has 0 rings (SSSR count). The van der Waals surface area contributed by atoms with Crippen LogP contribution in [0, 0.1) is 11.8 Å². The Morgan fingerprint density at radius 1 is 1.11 bits per heavy atom. The summed E-state index contributed by atoms with van der Waals surface area (Å²) in [7, 11) is 4.10. The zero-order chi connectivity index (χ0) is 14.3. The molecular formula is C14H31N3O. The Hall–Kier alpha value is -0.610. The van der Waals surface area contributed by atoms with Gasteiger partial charge in [0.2, 0.25) is 5.91 Å². The van der Waals surface area contributed by atoms with Crippen molar-refractivity contribution >= 4 is 5.91 Å². The Bertz CT molecular complexity index is 239. The van der Waals surface area contributed by atoms with E-state index in [1.165, 1.54) is 0 Å².